The highest BCUT2D eigenvalue weighted by Gasteiger charge is 2.41. The molecule has 1 aromatic carbocycles. The Bertz CT molecular complexity index is 766. The summed E-state index contributed by atoms with van der Waals surface area (Å²) in [7, 11) is -8.40. The van der Waals surface area contributed by atoms with Gasteiger partial charge in [0.1, 0.15) is 5.75 Å². The molecule has 0 saturated carbocycles. The quantitative estimate of drug-likeness (QED) is 0.222. The van der Waals surface area contributed by atoms with Gasteiger partial charge in [0.2, 0.25) is 0 Å². The van der Waals surface area contributed by atoms with E-state index in [1.165, 1.54) is 0 Å². The SMILES string of the molecule is C[Si](C)(C)CCOC(O)(OCC[Si](C)(C)C)c1cc(C(F)(F)F)ccc1OP(=O)(O)O. The summed E-state index contributed by atoms with van der Waals surface area (Å²) in [5, 5.41) is 11.1. The smallest absolute Gasteiger partial charge is 0.404 e. The first-order valence-electron chi connectivity index (χ1n) is 9.69. The number of halogens is 3. The highest BCUT2D eigenvalue weighted by atomic mass is 31.2. The highest BCUT2D eigenvalue weighted by molar-refractivity contribution is 7.46. The van der Waals surface area contributed by atoms with Crippen molar-refractivity contribution in [2.45, 2.75) is 63.5 Å². The van der Waals surface area contributed by atoms with Crippen LogP contribution in [0.25, 0.3) is 0 Å². The average molecular weight is 505 g/mol. The van der Waals surface area contributed by atoms with Crippen LogP contribution in [0.1, 0.15) is 11.1 Å². The summed E-state index contributed by atoms with van der Waals surface area (Å²) >= 11 is 0. The van der Waals surface area contributed by atoms with Gasteiger partial charge in [-0.3, -0.25) is 9.79 Å². The van der Waals surface area contributed by atoms with Crippen molar-refractivity contribution in [2.24, 2.45) is 0 Å². The van der Waals surface area contributed by atoms with Crippen LogP contribution < -0.4 is 4.52 Å². The molecule has 0 heterocycles. The number of phosphoric ester groups is 1. The van der Waals surface area contributed by atoms with E-state index < -0.39 is 53.0 Å². The Hall–Kier alpha value is -0.726. The van der Waals surface area contributed by atoms with Crippen molar-refractivity contribution in [3.63, 3.8) is 0 Å². The standard InChI is InChI=1S/C18H32F3O7PSi2/c1-30(2,3)11-9-26-18(22,27-10-12-31(4,5)6)15-13-14(17(19,20)21)7-8-16(15)28-29(23,24)25/h7-8,13,22H,9-12H2,1-6H3,(H2,23,24,25). The molecule has 0 spiro atoms. The molecule has 3 N–H and O–H groups in total. The van der Waals surface area contributed by atoms with E-state index in [0.717, 1.165) is 6.07 Å². The first-order valence-corrected chi connectivity index (χ1v) is 18.6. The minimum Gasteiger partial charge on any atom is -0.404 e. The minimum absolute atomic E-state index is 0.0231. The van der Waals surface area contributed by atoms with Crippen LogP contribution in [0, 0.1) is 0 Å². The van der Waals surface area contributed by atoms with Crippen LogP contribution in [0.5, 0.6) is 5.75 Å². The number of aliphatic hydroxyl groups is 1. The van der Waals surface area contributed by atoms with Gasteiger partial charge in [-0.1, -0.05) is 39.3 Å². The summed E-state index contributed by atoms with van der Waals surface area (Å²) in [6.45, 7) is 12.3. The van der Waals surface area contributed by atoms with E-state index in [9.17, 15) is 32.6 Å². The second-order valence-electron chi connectivity index (χ2n) is 9.69. The van der Waals surface area contributed by atoms with Crippen LogP contribution in [-0.2, 0) is 26.2 Å². The van der Waals surface area contributed by atoms with Crippen molar-refractivity contribution >= 4 is 24.0 Å². The molecule has 0 bridgehead atoms. The fourth-order valence-corrected chi connectivity index (χ4v) is 4.19. The lowest BCUT2D eigenvalue weighted by molar-refractivity contribution is -0.370. The zero-order valence-corrected chi connectivity index (χ0v) is 21.5. The second kappa shape index (κ2) is 10.0. The second-order valence-corrected chi connectivity index (χ2v) is 22.1. The maximum atomic E-state index is 13.3. The maximum absolute atomic E-state index is 13.3. The summed E-state index contributed by atoms with van der Waals surface area (Å²) in [6.07, 6.45) is -4.77. The van der Waals surface area contributed by atoms with E-state index >= 15 is 0 Å². The van der Waals surface area contributed by atoms with Crippen molar-refractivity contribution < 1.29 is 46.6 Å². The molecule has 31 heavy (non-hydrogen) atoms. The molecule has 0 saturated heterocycles. The Labute approximate surface area is 182 Å². The summed E-state index contributed by atoms with van der Waals surface area (Å²) < 4.78 is 66.8. The zero-order chi connectivity index (χ0) is 24.3. The molecule has 0 aromatic heterocycles. The molecule has 7 nitrogen and oxygen atoms in total. The molecular formula is C18H32F3O7PSi2. The molecular weight excluding hydrogens is 472 g/mol. The lowest BCUT2D eigenvalue weighted by atomic mass is 10.1. The van der Waals surface area contributed by atoms with E-state index in [4.69, 9.17) is 9.47 Å². The Kier molecular flexibility index (Phi) is 9.17. The number of rotatable bonds is 11. The molecule has 0 radical (unpaired) electrons. The lowest BCUT2D eigenvalue weighted by Gasteiger charge is -2.32. The number of benzene rings is 1. The number of hydrogen-bond donors (Lipinski definition) is 3. The monoisotopic (exact) mass is 504 g/mol. The van der Waals surface area contributed by atoms with E-state index in [0.29, 0.717) is 24.2 Å². The molecule has 1 aromatic rings. The van der Waals surface area contributed by atoms with Gasteiger partial charge in [-0.15, -0.1) is 0 Å². The minimum atomic E-state index is -5.13. The molecule has 0 fully saturated rings. The number of hydrogen-bond acceptors (Lipinski definition) is 5. The van der Waals surface area contributed by atoms with E-state index in [1.54, 1.807) is 0 Å². The van der Waals surface area contributed by atoms with Crippen molar-refractivity contribution in [3.05, 3.63) is 29.3 Å². The topological polar surface area (TPSA) is 105 Å². The fraction of sp³-hybridized carbons (Fsp3) is 0.667. The molecule has 0 aliphatic heterocycles. The highest BCUT2D eigenvalue weighted by Crippen LogP contribution is 2.44. The summed E-state index contributed by atoms with van der Waals surface area (Å²) in [6, 6.07) is 2.99. The third-order valence-corrected chi connectivity index (χ3v) is 8.01. The molecule has 0 amide bonds. The van der Waals surface area contributed by atoms with E-state index in [-0.39, 0.29) is 13.2 Å². The molecule has 13 heteroatoms. The number of ether oxygens (including phenoxy) is 2. The van der Waals surface area contributed by atoms with Crippen LogP contribution in [0.3, 0.4) is 0 Å². The van der Waals surface area contributed by atoms with Crippen LogP contribution in [-0.4, -0.2) is 44.3 Å². The largest absolute Gasteiger partial charge is 0.524 e. The molecule has 1 rings (SSSR count). The molecule has 0 aliphatic carbocycles. The summed E-state index contributed by atoms with van der Waals surface area (Å²) in [5.41, 5.74) is -1.81. The number of phosphoric acid groups is 1. The van der Waals surface area contributed by atoms with E-state index in [2.05, 4.69) is 4.52 Å². The van der Waals surface area contributed by atoms with Crippen LogP contribution in [0.4, 0.5) is 13.2 Å². The van der Waals surface area contributed by atoms with Crippen LogP contribution in [0.15, 0.2) is 18.2 Å². The molecule has 0 aliphatic rings. The first-order chi connectivity index (χ1) is 13.7. The summed E-state index contributed by atoms with van der Waals surface area (Å²) in [5.74, 6) is -3.34. The first kappa shape index (κ1) is 28.3. The van der Waals surface area contributed by atoms with Crippen LogP contribution in [0.2, 0.25) is 51.4 Å². The summed E-state index contributed by atoms with van der Waals surface area (Å²) in [4.78, 5) is 18.3. The van der Waals surface area contributed by atoms with Gasteiger partial charge in [-0.25, -0.2) is 4.57 Å². The predicted molar refractivity (Wildman–Crippen MR) is 116 cm³/mol. The van der Waals surface area contributed by atoms with Gasteiger partial charge in [0.25, 0.3) is 0 Å². The fourth-order valence-electron chi connectivity index (χ4n) is 2.35. The number of alkyl halides is 3. The van der Waals surface area contributed by atoms with Crippen LogP contribution >= 0.6 is 7.82 Å². The van der Waals surface area contributed by atoms with Gasteiger partial charge in [-0.2, -0.15) is 13.2 Å². The van der Waals surface area contributed by atoms with Gasteiger partial charge in [0, 0.05) is 16.1 Å². The van der Waals surface area contributed by atoms with Crippen molar-refractivity contribution in [3.8, 4) is 5.75 Å². The Balaban J connectivity index is 3.44. The molecule has 0 unspecified atom stereocenters. The molecule has 0 atom stereocenters. The van der Waals surface area contributed by atoms with Crippen molar-refractivity contribution in [1.82, 2.24) is 0 Å². The third-order valence-electron chi connectivity index (χ3n) is 4.16. The Morgan fingerprint density at radius 2 is 1.39 bits per heavy atom. The average Bonchev–Trinajstić information content (AvgIpc) is 2.50. The third kappa shape index (κ3) is 10.6. The van der Waals surface area contributed by atoms with Gasteiger partial charge in [0.05, 0.1) is 24.3 Å². The maximum Gasteiger partial charge on any atom is 0.524 e. The van der Waals surface area contributed by atoms with Crippen molar-refractivity contribution in [1.29, 1.82) is 0 Å². The van der Waals surface area contributed by atoms with Gasteiger partial charge >= 0.3 is 20.0 Å². The normalized spacial score (nSPS) is 14.1. The molecule has 180 valence electrons. The van der Waals surface area contributed by atoms with E-state index in [1.807, 2.05) is 39.3 Å². The van der Waals surface area contributed by atoms with Crippen molar-refractivity contribution in [2.75, 3.05) is 13.2 Å². The Morgan fingerprint density at radius 3 is 1.74 bits per heavy atom. The zero-order valence-electron chi connectivity index (χ0n) is 18.6. The van der Waals surface area contributed by atoms with Gasteiger partial charge < -0.3 is 19.1 Å². The Morgan fingerprint density at radius 1 is 0.935 bits per heavy atom. The van der Waals surface area contributed by atoms with Gasteiger partial charge in [-0.05, 0) is 30.3 Å². The van der Waals surface area contributed by atoms with Gasteiger partial charge in [0.15, 0.2) is 0 Å². The predicted octanol–water partition coefficient (Wildman–Crippen LogP) is 4.99. The lowest BCUT2D eigenvalue weighted by Crippen LogP contribution is -2.37.